The van der Waals surface area contributed by atoms with Gasteiger partial charge >= 0.3 is 0 Å². The first-order valence-corrected chi connectivity index (χ1v) is 7.71. The minimum atomic E-state index is 0.358. The van der Waals surface area contributed by atoms with E-state index in [0.29, 0.717) is 23.7 Å². The fourth-order valence-electron chi connectivity index (χ4n) is 3.92. The van der Waals surface area contributed by atoms with Crippen LogP contribution < -0.4 is 0 Å². The molecule has 3 aliphatic rings. The fourth-order valence-corrected chi connectivity index (χ4v) is 3.92. The number of amides is 1. The van der Waals surface area contributed by atoms with Crippen LogP contribution in [0.4, 0.5) is 0 Å². The molecule has 0 radical (unpaired) electrons. The number of carbonyl (C=O) groups excluding carboxylic acids is 1. The van der Waals surface area contributed by atoms with E-state index in [-0.39, 0.29) is 0 Å². The minimum Gasteiger partial charge on any atom is -0.381 e. The number of carbonyl (C=O) groups is 1. The van der Waals surface area contributed by atoms with Crippen LogP contribution in [0.25, 0.3) is 0 Å². The third-order valence-corrected chi connectivity index (χ3v) is 5.29. The maximum absolute atomic E-state index is 12.3. The second kappa shape index (κ2) is 5.41. The summed E-state index contributed by atoms with van der Waals surface area (Å²) < 4.78 is 5.36. The molecule has 3 aliphatic heterocycles. The molecule has 1 atom stereocenters. The monoisotopic (exact) mass is 266 g/mol. The van der Waals surface area contributed by atoms with Gasteiger partial charge in [-0.15, -0.1) is 0 Å². The molecule has 0 aromatic carbocycles. The van der Waals surface area contributed by atoms with E-state index in [1.807, 2.05) is 0 Å². The van der Waals surface area contributed by atoms with E-state index in [4.69, 9.17) is 4.74 Å². The van der Waals surface area contributed by atoms with Crippen molar-refractivity contribution < 1.29 is 9.53 Å². The molecule has 3 heterocycles. The fraction of sp³-hybridized carbons (Fsp3) is 0.933. The molecule has 0 N–H and O–H groups in total. The lowest BCUT2D eigenvalue weighted by Crippen LogP contribution is -2.44. The van der Waals surface area contributed by atoms with E-state index in [2.05, 4.69) is 16.8 Å². The van der Waals surface area contributed by atoms with Crippen LogP contribution in [-0.4, -0.2) is 62.1 Å². The number of likely N-dealkylation sites (tertiary alicyclic amines) is 2. The quantitative estimate of drug-likeness (QED) is 0.756. The van der Waals surface area contributed by atoms with Gasteiger partial charge in [0.1, 0.15) is 0 Å². The number of nitrogens with zero attached hydrogens (tertiary/aromatic N) is 2. The Bertz CT molecular complexity index is 331. The van der Waals surface area contributed by atoms with Crippen molar-refractivity contribution in [3.63, 3.8) is 0 Å². The molecule has 0 bridgehead atoms. The zero-order chi connectivity index (χ0) is 13.3. The molecule has 0 aliphatic carbocycles. The molecule has 108 valence electrons. The van der Waals surface area contributed by atoms with Crippen molar-refractivity contribution in [1.82, 2.24) is 9.80 Å². The molecular weight excluding hydrogens is 240 g/mol. The SMILES string of the molecule is CN1CCC2(CCN(C(=O)C[C@@H]3CCOC3)CC2)C1. The molecule has 1 amide bonds. The Hall–Kier alpha value is -0.610. The van der Waals surface area contributed by atoms with Gasteiger partial charge in [0.25, 0.3) is 0 Å². The van der Waals surface area contributed by atoms with E-state index < -0.39 is 0 Å². The van der Waals surface area contributed by atoms with E-state index in [0.717, 1.165) is 32.7 Å². The third-order valence-electron chi connectivity index (χ3n) is 5.29. The molecule has 3 saturated heterocycles. The zero-order valence-corrected chi connectivity index (χ0v) is 12.1. The van der Waals surface area contributed by atoms with Crippen LogP contribution in [0.5, 0.6) is 0 Å². The molecule has 0 aromatic rings. The predicted molar refractivity (Wildman–Crippen MR) is 73.9 cm³/mol. The Kier molecular flexibility index (Phi) is 3.81. The van der Waals surface area contributed by atoms with Gasteiger partial charge in [0.15, 0.2) is 0 Å². The molecule has 3 rings (SSSR count). The van der Waals surface area contributed by atoms with E-state index in [1.54, 1.807) is 0 Å². The summed E-state index contributed by atoms with van der Waals surface area (Å²) in [5.74, 6) is 0.831. The van der Waals surface area contributed by atoms with Crippen molar-refractivity contribution in [1.29, 1.82) is 0 Å². The van der Waals surface area contributed by atoms with Crippen molar-refractivity contribution in [3.05, 3.63) is 0 Å². The van der Waals surface area contributed by atoms with E-state index >= 15 is 0 Å². The summed E-state index contributed by atoms with van der Waals surface area (Å²) in [7, 11) is 2.21. The minimum absolute atomic E-state index is 0.358. The highest BCUT2D eigenvalue weighted by Crippen LogP contribution is 2.39. The second-order valence-corrected chi connectivity index (χ2v) is 6.80. The second-order valence-electron chi connectivity index (χ2n) is 6.80. The van der Waals surface area contributed by atoms with Crippen LogP contribution in [0.2, 0.25) is 0 Å². The van der Waals surface area contributed by atoms with Crippen molar-refractivity contribution in [3.8, 4) is 0 Å². The summed E-state index contributed by atoms with van der Waals surface area (Å²) in [6.07, 6.45) is 5.48. The number of rotatable bonds is 2. The van der Waals surface area contributed by atoms with Gasteiger partial charge in [-0.2, -0.15) is 0 Å². The van der Waals surface area contributed by atoms with Gasteiger partial charge in [-0.05, 0) is 50.6 Å². The highest BCUT2D eigenvalue weighted by atomic mass is 16.5. The van der Waals surface area contributed by atoms with Crippen LogP contribution in [0.1, 0.15) is 32.1 Å². The van der Waals surface area contributed by atoms with Crippen LogP contribution >= 0.6 is 0 Å². The molecule has 1 spiro atoms. The summed E-state index contributed by atoms with van der Waals surface area (Å²) in [5, 5.41) is 0. The Morgan fingerprint density at radius 3 is 2.58 bits per heavy atom. The molecule has 4 nitrogen and oxygen atoms in total. The smallest absolute Gasteiger partial charge is 0.222 e. The first-order chi connectivity index (χ1) is 9.17. The van der Waals surface area contributed by atoms with E-state index in [9.17, 15) is 4.79 Å². The van der Waals surface area contributed by atoms with Crippen molar-refractivity contribution >= 4 is 5.91 Å². The lowest BCUT2D eigenvalue weighted by molar-refractivity contribution is -0.134. The van der Waals surface area contributed by atoms with Gasteiger partial charge in [0.2, 0.25) is 5.91 Å². The maximum atomic E-state index is 12.3. The van der Waals surface area contributed by atoms with Crippen LogP contribution in [0.15, 0.2) is 0 Å². The first kappa shape index (κ1) is 13.4. The lowest BCUT2D eigenvalue weighted by Gasteiger charge is -2.39. The van der Waals surface area contributed by atoms with Gasteiger partial charge < -0.3 is 14.5 Å². The molecule has 19 heavy (non-hydrogen) atoms. The molecule has 0 unspecified atom stereocenters. The highest BCUT2D eigenvalue weighted by molar-refractivity contribution is 5.76. The normalized spacial score (nSPS) is 31.2. The van der Waals surface area contributed by atoms with Crippen molar-refractivity contribution in [2.45, 2.75) is 32.1 Å². The average Bonchev–Trinajstić information content (AvgIpc) is 3.01. The van der Waals surface area contributed by atoms with Crippen LogP contribution in [0, 0.1) is 11.3 Å². The van der Waals surface area contributed by atoms with Crippen LogP contribution in [-0.2, 0) is 9.53 Å². The number of hydrogen-bond acceptors (Lipinski definition) is 3. The van der Waals surface area contributed by atoms with Gasteiger partial charge in [-0.3, -0.25) is 4.79 Å². The molecule has 3 fully saturated rings. The van der Waals surface area contributed by atoms with Crippen molar-refractivity contribution in [2.75, 3.05) is 46.4 Å². The topological polar surface area (TPSA) is 32.8 Å². The summed E-state index contributed by atoms with van der Waals surface area (Å²) in [6.45, 7) is 6.03. The summed E-state index contributed by atoms with van der Waals surface area (Å²) in [4.78, 5) is 16.8. The summed E-state index contributed by atoms with van der Waals surface area (Å²) >= 11 is 0. The Morgan fingerprint density at radius 1 is 1.26 bits per heavy atom. The number of hydrogen-bond donors (Lipinski definition) is 0. The van der Waals surface area contributed by atoms with Gasteiger partial charge in [-0.1, -0.05) is 0 Å². The summed E-state index contributed by atoms with van der Waals surface area (Å²) in [6, 6.07) is 0. The largest absolute Gasteiger partial charge is 0.381 e. The van der Waals surface area contributed by atoms with Crippen molar-refractivity contribution in [2.24, 2.45) is 11.3 Å². The van der Waals surface area contributed by atoms with Gasteiger partial charge in [0.05, 0.1) is 0 Å². The van der Waals surface area contributed by atoms with E-state index in [1.165, 1.54) is 32.4 Å². The van der Waals surface area contributed by atoms with Gasteiger partial charge in [0, 0.05) is 39.3 Å². The third kappa shape index (κ3) is 2.95. The molecule has 0 aromatic heterocycles. The van der Waals surface area contributed by atoms with Crippen LogP contribution in [0.3, 0.4) is 0 Å². The molecule has 4 heteroatoms. The first-order valence-electron chi connectivity index (χ1n) is 7.71. The Labute approximate surface area is 116 Å². The summed E-state index contributed by atoms with van der Waals surface area (Å²) in [5.41, 5.74) is 0.516. The zero-order valence-electron chi connectivity index (χ0n) is 12.1. The lowest BCUT2D eigenvalue weighted by atomic mass is 9.77. The maximum Gasteiger partial charge on any atom is 0.222 e. The predicted octanol–water partition coefficient (Wildman–Crippen LogP) is 1.36. The molecule has 0 saturated carbocycles. The Morgan fingerprint density at radius 2 is 2.00 bits per heavy atom. The Balaban J connectivity index is 1.48. The van der Waals surface area contributed by atoms with Gasteiger partial charge in [-0.25, -0.2) is 0 Å². The number of ether oxygens (including phenoxy) is 1. The average molecular weight is 266 g/mol. The highest BCUT2D eigenvalue weighted by Gasteiger charge is 2.40. The number of piperidine rings is 1. The molecular formula is C15H26N2O2. The standard InChI is InChI=1S/C15H26N2O2/c1-16-6-3-15(12-16)4-7-17(8-5-15)14(18)10-13-2-9-19-11-13/h13H,2-12H2,1H3/t13-/m0/s1.